The van der Waals surface area contributed by atoms with Gasteiger partial charge in [-0.15, -0.1) is 0 Å². The summed E-state index contributed by atoms with van der Waals surface area (Å²) in [5.74, 6) is 0.959. The molecule has 0 saturated heterocycles. The Bertz CT molecular complexity index is 1680. The highest BCUT2D eigenvalue weighted by molar-refractivity contribution is 5.95. The van der Waals surface area contributed by atoms with Crippen LogP contribution in [-0.2, 0) is 6.42 Å². The maximum Gasteiger partial charge on any atom is 0.266 e. The smallest absolute Gasteiger partial charge is 0.266 e. The van der Waals surface area contributed by atoms with E-state index < -0.39 is 6.04 Å². The first kappa shape index (κ1) is 25.9. The fourth-order valence-electron chi connectivity index (χ4n) is 4.87. The lowest BCUT2D eigenvalue weighted by molar-refractivity contribution is 0.0683. The van der Waals surface area contributed by atoms with Crippen molar-refractivity contribution in [2.75, 3.05) is 13.7 Å². The summed E-state index contributed by atoms with van der Waals surface area (Å²) in [7, 11) is 1.58. The summed E-state index contributed by atoms with van der Waals surface area (Å²) in [5, 5.41) is 0.532. The number of ether oxygens (including phenoxy) is 1. The van der Waals surface area contributed by atoms with Crippen LogP contribution in [0, 0.1) is 6.92 Å². The van der Waals surface area contributed by atoms with E-state index in [0.29, 0.717) is 41.0 Å². The Balaban J connectivity index is 1.65. The van der Waals surface area contributed by atoms with Gasteiger partial charge < -0.3 is 9.64 Å². The molecular weight excluding hydrogens is 486 g/mol. The average Bonchev–Trinajstić information content (AvgIpc) is 2.97. The van der Waals surface area contributed by atoms with Gasteiger partial charge in [0.1, 0.15) is 11.6 Å². The van der Waals surface area contributed by atoms with Crippen molar-refractivity contribution in [1.82, 2.24) is 14.5 Å². The van der Waals surface area contributed by atoms with Crippen LogP contribution >= 0.6 is 0 Å². The minimum atomic E-state index is -0.509. The topological polar surface area (TPSA) is 64.4 Å². The number of hydrogen-bond acceptors (Lipinski definition) is 4. The van der Waals surface area contributed by atoms with E-state index in [2.05, 4.69) is 12.1 Å². The van der Waals surface area contributed by atoms with Crippen LogP contribution in [0.3, 0.4) is 0 Å². The Hall–Kier alpha value is -4.71. The molecule has 196 valence electrons. The predicted molar refractivity (Wildman–Crippen MR) is 155 cm³/mol. The second kappa shape index (κ2) is 11.4. The van der Waals surface area contributed by atoms with Crippen molar-refractivity contribution < 1.29 is 9.53 Å². The number of hydrogen-bond donors (Lipinski definition) is 0. The minimum absolute atomic E-state index is 0.157. The number of aromatic nitrogens is 2. The molecule has 6 nitrogen and oxygen atoms in total. The standard InChI is InChI=1S/C33H31N3O3/c1-23-11-9-15-27(21-23)36-31(34-30-18-8-7-17-29(30)33(36)38)24(2)35(20-19-25-12-5-4-6-13-25)32(37)26-14-10-16-28(22-26)39-3/h4-18,21-22,24H,19-20H2,1-3H3. The molecule has 0 saturated carbocycles. The number of methoxy groups -OCH3 is 1. The number of nitrogens with zero attached hydrogens (tertiary/aromatic N) is 3. The van der Waals surface area contributed by atoms with E-state index in [1.54, 1.807) is 34.8 Å². The molecule has 1 atom stereocenters. The molecule has 0 bridgehead atoms. The quantitative estimate of drug-likeness (QED) is 0.248. The molecule has 1 amide bonds. The molecule has 1 heterocycles. The van der Waals surface area contributed by atoms with Gasteiger partial charge in [-0.2, -0.15) is 0 Å². The third-order valence-electron chi connectivity index (χ3n) is 6.96. The molecule has 5 aromatic rings. The van der Waals surface area contributed by atoms with Crippen molar-refractivity contribution >= 4 is 16.8 Å². The zero-order chi connectivity index (χ0) is 27.4. The number of rotatable bonds is 8. The van der Waals surface area contributed by atoms with Crippen molar-refractivity contribution in [3.63, 3.8) is 0 Å². The number of aryl methyl sites for hydroxylation is 1. The first-order chi connectivity index (χ1) is 19.0. The highest BCUT2D eigenvalue weighted by Gasteiger charge is 2.28. The number of para-hydroxylation sites is 1. The molecule has 39 heavy (non-hydrogen) atoms. The largest absolute Gasteiger partial charge is 0.497 e. The fourth-order valence-corrected chi connectivity index (χ4v) is 4.87. The van der Waals surface area contributed by atoms with Crippen LogP contribution in [0.1, 0.15) is 40.3 Å². The van der Waals surface area contributed by atoms with E-state index in [4.69, 9.17) is 9.72 Å². The summed E-state index contributed by atoms with van der Waals surface area (Å²) in [5.41, 5.74) is 3.82. The second-order valence-corrected chi connectivity index (χ2v) is 9.61. The molecule has 0 spiro atoms. The Labute approximate surface area is 228 Å². The lowest BCUT2D eigenvalue weighted by atomic mass is 10.1. The molecule has 0 fully saturated rings. The molecule has 0 aliphatic rings. The van der Waals surface area contributed by atoms with Gasteiger partial charge in [0.2, 0.25) is 0 Å². The van der Waals surface area contributed by atoms with Crippen LogP contribution in [-0.4, -0.2) is 34.0 Å². The molecule has 0 aliphatic carbocycles. The van der Waals surface area contributed by atoms with Gasteiger partial charge >= 0.3 is 0 Å². The van der Waals surface area contributed by atoms with Crippen molar-refractivity contribution in [2.45, 2.75) is 26.3 Å². The van der Waals surface area contributed by atoms with Crippen LogP contribution < -0.4 is 10.3 Å². The summed E-state index contributed by atoms with van der Waals surface area (Å²) < 4.78 is 7.03. The molecule has 0 radical (unpaired) electrons. The normalized spacial score (nSPS) is 11.8. The number of benzene rings is 4. The van der Waals surface area contributed by atoms with Crippen LogP contribution in [0.2, 0.25) is 0 Å². The van der Waals surface area contributed by atoms with Crippen LogP contribution in [0.5, 0.6) is 5.75 Å². The van der Waals surface area contributed by atoms with E-state index in [1.807, 2.05) is 86.6 Å². The summed E-state index contributed by atoms with van der Waals surface area (Å²) in [6.45, 7) is 4.37. The van der Waals surface area contributed by atoms with Gasteiger partial charge in [0, 0.05) is 12.1 Å². The van der Waals surface area contributed by atoms with Crippen molar-refractivity contribution in [2.24, 2.45) is 0 Å². The Kier molecular flexibility index (Phi) is 7.55. The summed E-state index contributed by atoms with van der Waals surface area (Å²) in [6, 6.07) is 31.8. The van der Waals surface area contributed by atoms with Crippen molar-refractivity contribution in [1.29, 1.82) is 0 Å². The Morgan fingerprint density at radius 3 is 2.44 bits per heavy atom. The van der Waals surface area contributed by atoms with Crippen LogP contribution in [0.4, 0.5) is 0 Å². The molecule has 5 rings (SSSR count). The first-order valence-electron chi connectivity index (χ1n) is 13.0. The number of carbonyl (C=O) groups is 1. The Morgan fingerprint density at radius 2 is 1.67 bits per heavy atom. The van der Waals surface area contributed by atoms with Crippen LogP contribution in [0.25, 0.3) is 16.6 Å². The van der Waals surface area contributed by atoms with Crippen molar-refractivity contribution in [3.05, 3.63) is 136 Å². The fraction of sp³-hybridized carbons (Fsp3) is 0.182. The maximum atomic E-state index is 14.1. The van der Waals surface area contributed by atoms with Crippen LogP contribution in [0.15, 0.2) is 108 Å². The van der Waals surface area contributed by atoms with Gasteiger partial charge in [0.15, 0.2) is 0 Å². The number of fused-ring (bicyclic) bond motifs is 1. The van der Waals surface area contributed by atoms with Gasteiger partial charge in [0.25, 0.3) is 11.5 Å². The molecule has 0 aliphatic heterocycles. The third kappa shape index (κ3) is 5.46. The monoisotopic (exact) mass is 517 g/mol. The highest BCUT2D eigenvalue weighted by atomic mass is 16.5. The van der Waals surface area contributed by atoms with Gasteiger partial charge in [0.05, 0.1) is 29.7 Å². The van der Waals surface area contributed by atoms with Crippen molar-refractivity contribution in [3.8, 4) is 11.4 Å². The average molecular weight is 518 g/mol. The van der Waals surface area contributed by atoms with Gasteiger partial charge in [-0.1, -0.05) is 60.7 Å². The predicted octanol–water partition coefficient (Wildman–Crippen LogP) is 6.15. The van der Waals surface area contributed by atoms with E-state index in [1.165, 1.54) is 0 Å². The summed E-state index contributed by atoms with van der Waals surface area (Å²) in [6.07, 6.45) is 0.656. The van der Waals surface area contributed by atoms with Gasteiger partial charge in [-0.25, -0.2) is 4.98 Å². The second-order valence-electron chi connectivity index (χ2n) is 9.61. The zero-order valence-corrected chi connectivity index (χ0v) is 22.4. The maximum absolute atomic E-state index is 14.1. The number of carbonyl (C=O) groups excluding carboxylic acids is 1. The van der Waals surface area contributed by atoms with Gasteiger partial charge in [-0.05, 0) is 73.9 Å². The number of amides is 1. The third-order valence-corrected chi connectivity index (χ3v) is 6.96. The highest BCUT2D eigenvalue weighted by Crippen LogP contribution is 2.26. The first-order valence-corrected chi connectivity index (χ1v) is 13.0. The van der Waals surface area contributed by atoms with E-state index >= 15 is 0 Å². The van der Waals surface area contributed by atoms with E-state index in [-0.39, 0.29) is 11.5 Å². The molecule has 1 aromatic heterocycles. The zero-order valence-electron chi connectivity index (χ0n) is 22.4. The molecule has 6 heteroatoms. The SMILES string of the molecule is COc1cccc(C(=O)N(CCc2ccccc2)C(C)c2nc3ccccc3c(=O)n2-c2cccc(C)c2)c1. The van der Waals surface area contributed by atoms with Gasteiger partial charge in [-0.3, -0.25) is 14.2 Å². The molecule has 0 N–H and O–H groups in total. The molecule has 1 unspecified atom stereocenters. The lowest BCUT2D eigenvalue weighted by Crippen LogP contribution is -2.38. The van der Waals surface area contributed by atoms with E-state index in [0.717, 1.165) is 16.8 Å². The lowest BCUT2D eigenvalue weighted by Gasteiger charge is -2.31. The summed E-state index contributed by atoms with van der Waals surface area (Å²) >= 11 is 0. The Morgan fingerprint density at radius 1 is 0.923 bits per heavy atom. The van der Waals surface area contributed by atoms with E-state index in [9.17, 15) is 9.59 Å². The summed E-state index contributed by atoms with van der Waals surface area (Å²) in [4.78, 5) is 34.7. The molecular formula is C33H31N3O3. The minimum Gasteiger partial charge on any atom is -0.497 e. The molecule has 4 aromatic carbocycles.